The number of thioether (sulfide) groups is 2. The van der Waals surface area contributed by atoms with Crippen LogP contribution in [0.3, 0.4) is 0 Å². The normalized spacial score (nSPS) is 10.8. The molecule has 0 radical (unpaired) electrons. The Morgan fingerprint density at radius 3 is 1.38 bits per heavy atom. The van der Waals surface area contributed by atoms with Gasteiger partial charge in [0, 0.05) is 21.6 Å². The molecule has 0 spiro atoms. The highest BCUT2D eigenvalue weighted by molar-refractivity contribution is 7.99. The molecular weight excluding hydrogens is 339 g/mol. The fraction of sp³-hybridized carbons (Fsp3) is 0.294. The summed E-state index contributed by atoms with van der Waals surface area (Å²) in [5.41, 5.74) is 2.69. The SMILES string of the molecule is Clc1ccc(CSCCCSCc2ccc(Cl)cc2)cc1. The minimum Gasteiger partial charge on any atom is -0.157 e. The monoisotopic (exact) mass is 356 g/mol. The maximum absolute atomic E-state index is 5.87. The second-order valence-electron chi connectivity index (χ2n) is 4.71. The first-order valence-corrected chi connectivity index (χ1v) is 9.95. The Morgan fingerprint density at radius 1 is 0.619 bits per heavy atom. The number of rotatable bonds is 8. The van der Waals surface area contributed by atoms with Crippen molar-refractivity contribution in [3.63, 3.8) is 0 Å². The van der Waals surface area contributed by atoms with Crippen LogP contribution in [0.15, 0.2) is 48.5 Å². The van der Waals surface area contributed by atoms with E-state index in [4.69, 9.17) is 23.2 Å². The van der Waals surface area contributed by atoms with Crippen molar-refractivity contribution in [3.05, 3.63) is 69.7 Å². The second kappa shape index (κ2) is 9.68. The van der Waals surface area contributed by atoms with Gasteiger partial charge in [0.05, 0.1) is 0 Å². The van der Waals surface area contributed by atoms with Crippen molar-refractivity contribution in [2.24, 2.45) is 0 Å². The van der Waals surface area contributed by atoms with Crippen LogP contribution >= 0.6 is 46.7 Å². The second-order valence-corrected chi connectivity index (χ2v) is 7.79. The van der Waals surface area contributed by atoms with Crippen LogP contribution in [0.4, 0.5) is 0 Å². The lowest BCUT2D eigenvalue weighted by molar-refractivity contribution is 1.12. The minimum atomic E-state index is 0.808. The molecular formula is C17H18Cl2S2. The van der Waals surface area contributed by atoms with Gasteiger partial charge in [-0.2, -0.15) is 23.5 Å². The molecule has 0 aliphatic heterocycles. The minimum absolute atomic E-state index is 0.808. The van der Waals surface area contributed by atoms with E-state index < -0.39 is 0 Å². The fourth-order valence-electron chi connectivity index (χ4n) is 1.80. The van der Waals surface area contributed by atoms with Crippen LogP contribution in [-0.4, -0.2) is 11.5 Å². The molecule has 2 aromatic carbocycles. The van der Waals surface area contributed by atoms with Gasteiger partial charge in [0.2, 0.25) is 0 Å². The highest BCUT2D eigenvalue weighted by Gasteiger charge is 1.97. The third kappa shape index (κ3) is 7.01. The Bertz CT molecular complexity index is 474. The van der Waals surface area contributed by atoms with E-state index in [1.54, 1.807) is 0 Å². The molecule has 0 aliphatic carbocycles. The highest BCUT2D eigenvalue weighted by atomic mass is 35.5. The molecule has 0 bridgehead atoms. The first-order valence-electron chi connectivity index (χ1n) is 6.88. The van der Waals surface area contributed by atoms with E-state index in [-0.39, 0.29) is 0 Å². The summed E-state index contributed by atoms with van der Waals surface area (Å²) in [5.74, 6) is 4.55. The lowest BCUT2D eigenvalue weighted by Gasteiger charge is -2.04. The summed E-state index contributed by atoms with van der Waals surface area (Å²) in [4.78, 5) is 0. The van der Waals surface area contributed by atoms with Crippen LogP contribution < -0.4 is 0 Å². The van der Waals surface area contributed by atoms with E-state index >= 15 is 0 Å². The Morgan fingerprint density at radius 2 is 1.00 bits per heavy atom. The molecule has 0 heterocycles. The van der Waals surface area contributed by atoms with Gasteiger partial charge in [0.15, 0.2) is 0 Å². The van der Waals surface area contributed by atoms with Gasteiger partial charge in [0.1, 0.15) is 0 Å². The van der Waals surface area contributed by atoms with E-state index in [1.807, 2.05) is 47.8 Å². The molecule has 2 aromatic rings. The Hall–Kier alpha value is -0.280. The van der Waals surface area contributed by atoms with Crippen LogP contribution in [0, 0.1) is 0 Å². The molecule has 0 N–H and O–H groups in total. The molecule has 0 unspecified atom stereocenters. The predicted octanol–water partition coefficient (Wildman–Crippen LogP) is 6.55. The number of hydrogen-bond donors (Lipinski definition) is 0. The first-order chi connectivity index (χ1) is 10.2. The van der Waals surface area contributed by atoms with E-state index in [1.165, 1.54) is 29.1 Å². The molecule has 112 valence electrons. The lowest BCUT2D eigenvalue weighted by atomic mass is 10.2. The van der Waals surface area contributed by atoms with Crippen LogP contribution in [-0.2, 0) is 11.5 Å². The van der Waals surface area contributed by atoms with Gasteiger partial charge in [-0.25, -0.2) is 0 Å². The van der Waals surface area contributed by atoms with Crippen molar-refractivity contribution in [1.82, 2.24) is 0 Å². The quantitative estimate of drug-likeness (QED) is 0.491. The van der Waals surface area contributed by atoms with Crippen molar-refractivity contribution >= 4 is 46.7 Å². The summed E-state index contributed by atoms with van der Waals surface area (Å²) in [5, 5.41) is 1.62. The predicted molar refractivity (Wildman–Crippen MR) is 99.8 cm³/mol. The van der Waals surface area contributed by atoms with Gasteiger partial charge < -0.3 is 0 Å². The molecule has 0 saturated carbocycles. The fourth-order valence-corrected chi connectivity index (χ4v) is 4.08. The third-order valence-corrected chi connectivity index (χ3v) is 5.67. The standard InChI is InChI=1S/C17H18Cl2S2/c18-16-6-2-14(3-7-16)12-20-10-1-11-21-13-15-4-8-17(19)9-5-15/h2-9H,1,10-13H2. The molecule has 0 aromatic heterocycles. The molecule has 0 nitrogen and oxygen atoms in total. The highest BCUT2D eigenvalue weighted by Crippen LogP contribution is 2.19. The number of benzene rings is 2. The lowest BCUT2D eigenvalue weighted by Crippen LogP contribution is -1.88. The molecule has 0 atom stereocenters. The number of hydrogen-bond acceptors (Lipinski definition) is 2. The molecule has 21 heavy (non-hydrogen) atoms. The average Bonchev–Trinajstić information content (AvgIpc) is 2.50. The molecule has 0 aliphatic rings. The van der Waals surface area contributed by atoms with Gasteiger partial charge in [-0.15, -0.1) is 0 Å². The van der Waals surface area contributed by atoms with Crippen molar-refractivity contribution in [1.29, 1.82) is 0 Å². The van der Waals surface area contributed by atoms with E-state index in [9.17, 15) is 0 Å². The summed E-state index contributed by atoms with van der Waals surface area (Å²) in [6.07, 6.45) is 1.25. The van der Waals surface area contributed by atoms with Gasteiger partial charge in [-0.3, -0.25) is 0 Å². The Labute approximate surface area is 145 Å². The Balaban J connectivity index is 1.52. The smallest absolute Gasteiger partial charge is 0.0406 e. The van der Waals surface area contributed by atoms with Crippen LogP contribution in [0.1, 0.15) is 17.5 Å². The van der Waals surface area contributed by atoms with E-state index in [0.717, 1.165) is 21.6 Å². The molecule has 0 fully saturated rings. The van der Waals surface area contributed by atoms with E-state index in [0.29, 0.717) is 0 Å². The van der Waals surface area contributed by atoms with Crippen molar-refractivity contribution < 1.29 is 0 Å². The van der Waals surface area contributed by atoms with Crippen LogP contribution in [0.5, 0.6) is 0 Å². The summed E-state index contributed by atoms with van der Waals surface area (Å²) >= 11 is 15.7. The van der Waals surface area contributed by atoms with Crippen molar-refractivity contribution in [2.45, 2.75) is 17.9 Å². The van der Waals surface area contributed by atoms with Gasteiger partial charge >= 0.3 is 0 Å². The van der Waals surface area contributed by atoms with E-state index in [2.05, 4.69) is 24.3 Å². The van der Waals surface area contributed by atoms with Gasteiger partial charge in [0.25, 0.3) is 0 Å². The summed E-state index contributed by atoms with van der Waals surface area (Å²) in [7, 11) is 0. The zero-order valence-electron chi connectivity index (χ0n) is 11.7. The molecule has 2 rings (SSSR count). The zero-order chi connectivity index (χ0) is 14.9. The van der Waals surface area contributed by atoms with Crippen LogP contribution in [0.2, 0.25) is 10.0 Å². The number of halogens is 2. The maximum atomic E-state index is 5.87. The largest absolute Gasteiger partial charge is 0.157 e. The zero-order valence-corrected chi connectivity index (χ0v) is 14.9. The summed E-state index contributed by atoms with van der Waals surface area (Å²) in [6.45, 7) is 0. The topological polar surface area (TPSA) is 0 Å². The third-order valence-electron chi connectivity index (χ3n) is 2.94. The van der Waals surface area contributed by atoms with Crippen molar-refractivity contribution in [2.75, 3.05) is 11.5 Å². The average molecular weight is 357 g/mol. The van der Waals surface area contributed by atoms with Gasteiger partial charge in [-0.1, -0.05) is 47.5 Å². The molecule has 0 saturated heterocycles. The summed E-state index contributed by atoms with van der Waals surface area (Å²) in [6, 6.07) is 16.2. The Kier molecular flexibility index (Phi) is 7.87. The van der Waals surface area contributed by atoms with Crippen LogP contribution in [0.25, 0.3) is 0 Å². The maximum Gasteiger partial charge on any atom is 0.0406 e. The molecule has 4 heteroatoms. The van der Waals surface area contributed by atoms with Crippen molar-refractivity contribution in [3.8, 4) is 0 Å². The summed E-state index contributed by atoms with van der Waals surface area (Å²) < 4.78 is 0. The molecule has 0 amide bonds. The van der Waals surface area contributed by atoms with Gasteiger partial charge in [-0.05, 0) is 53.3 Å². The first kappa shape index (κ1) is 17.1.